The molecule has 0 aliphatic carbocycles. The highest BCUT2D eigenvalue weighted by Crippen LogP contribution is 2.24. The summed E-state index contributed by atoms with van der Waals surface area (Å²) < 4.78 is 49.4. The number of alkyl halides is 2. The Bertz CT molecular complexity index is 311. The predicted molar refractivity (Wildman–Crippen MR) is 39.2 cm³/mol. The van der Waals surface area contributed by atoms with Crippen molar-refractivity contribution in [3.8, 4) is 0 Å². The number of nitrogens with two attached hydrogens (primary N) is 1. The van der Waals surface area contributed by atoms with E-state index in [4.69, 9.17) is 5.73 Å². The fourth-order valence-corrected chi connectivity index (χ4v) is 0.945. The Morgan fingerprint density at radius 1 is 1.23 bits per heavy atom. The summed E-state index contributed by atoms with van der Waals surface area (Å²) in [5.41, 5.74) is 4.31. The highest BCUT2D eigenvalue weighted by atomic mass is 19.3. The second kappa shape index (κ2) is 3.74. The van der Waals surface area contributed by atoms with Crippen LogP contribution in [0.15, 0.2) is 12.1 Å². The summed E-state index contributed by atoms with van der Waals surface area (Å²) in [5, 5.41) is 0. The third-order valence-corrected chi connectivity index (χ3v) is 1.59. The lowest BCUT2D eigenvalue weighted by molar-refractivity contribution is 0.145. The van der Waals surface area contributed by atoms with Crippen LogP contribution in [-0.4, -0.2) is 0 Å². The van der Waals surface area contributed by atoms with Crippen LogP contribution in [0.2, 0.25) is 0 Å². The Morgan fingerprint density at radius 3 is 2.31 bits per heavy atom. The predicted octanol–water partition coefficient (Wildman–Crippen LogP) is 2.36. The zero-order chi connectivity index (χ0) is 10.0. The van der Waals surface area contributed by atoms with Gasteiger partial charge in [0.2, 0.25) is 0 Å². The number of hydrogen-bond donors (Lipinski definition) is 1. The molecule has 0 aliphatic rings. The lowest BCUT2D eigenvalue weighted by Gasteiger charge is -2.05. The average Bonchev–Trinajstić information content (AvgIpc) is 2.09. The van der Waals surface area contributed by atoms with Crippen LogP contribution in [0.5, 0.6) is 0 Å². The van der Waals surface area contributed by atoms with Crippen molar-refractivity contribution in [1.29, 1.82) is 0 Å². The zero-order valence-electron chi connectivity index (χ0n) is 6.53. The van der Waals surface area contributed by atoms with Gasteiger partial charge >= 0.3 is 0 Å². The standard InChI is InChI=1S/C8H7F4N/c9-6-2-4(3-13)1-5(7(6)10)8(11)12/h1-2,8H,3,13H2. The maximum Gasteiger partial charge on any atom is 0.266 e. The van der Waals surface area contributed by atoms with Crippen LogP contribution in [0.3, 0.4) is 0 Å². The summed E-state index contributed by atoms with van der Waals surface area (Å²) >= 11 is 0. The molecule has 72 valence electrons. The monoisotopic (exact) mass is 193 g/mol. The minimum absolute atomic E-state index is 0.100. The Balaban J connectivity index is 3.25. The van der Waals surface area contributed by atoms with Crippen molar-refractivity contribution in [1.82, 2.24) is 0 Å². The van der Waals surface area contributed by atoms with Crippen LogP contribution in [-0.2, 0) is 6.54 Å². The molecule has 0 spiro atoms. The van der Waals surface area contributed by atoms with E-state index in [0.717, 1.165) is 12.1 Å². The Labute approximate surface area is 72.2 Å². The number of halogens is 4. The van der Waals surface area contributed by atoms with Gasteiger partial charge in [-0.1, -0.05) is 0 Å². The molecule has 0 heterocycles. The van der Waals surface area contributed by atoms with E-state index in [2.05, 4.69) is 0 Å². The third kappa shape index (κ3) is 1.98. The lowest BCUT2D eigenvalue weighted by Crippen LogP contribution is -2.02. The summed E-state index contributed by atoms with van der Waals surface area (Å²) in [6.45, 7) is -0.100. The van der Waals surface area contributed by atoms with E-state index in [1.165, 1.54) is 0 Å². The smallest absolute Gasteiger partial charge is 0.266 e. The zero-order valence-corrected chi connectivity index (χ0v) is 6.53. The largest absolute Gasteiger partial charge is 0.326 e. The highest BCUT2D eigenvalue weighted by Gasteiger charge is 2.17. The molecule has 1 aromatic rings. The van der Waals surface area contributed by atoms with E-state index in [1.54, 1.807) is 0 Å². The Kier molecular flexibility index (Phi) is 2.87. The van der Waals surface area contributed by atoms with E-state index in [9.17, 15) is 17.6 Å². The van der Waals surface area contributed by atoms with Crippen LogP contribution in [0.4, 0.5) is 17.6 Å². The molecule has 1 rings (SSSR count). The molecule has 0 bridgehead atoms. The summed E-state index contributed by atoms with van der Waals surface area (Å²) in [4.78, 5) is 0. The van der Waals surface area contributed by atoms with Crippen LogP contribution < -0.4 is 5.73 Å². The minimum Gasteiger partial charge on any atom is -0.326 e. The molecule has 0 unspecified atom stereocenters. The van der Waals surface area contributed by atoms with Crippen molar-refractivity contribution < 1.29 is 17.6 Å². The summed E-state index contributed by atoms with van der Waals surface area (Å²) in [7, 11) is 0. The van der Waals surface area contributed by atoms with Crippen molar-refractivity contribution >= 4 is 0 Å². The molecule has 0 fully saturated rings. The maximum absolute atomic E-state index is 12.7. The van der Waals surface area contributed by atoms with Gasteiger partial charge < -0.3 is 5.73 Å². The molecule has 1 nitrogen and oxygen atoms in total. The molecule has 0 atom stereocenters. The van der Waals surface area contributed by atoms with Crippen LogP contribution in [0, 0.1) is 11.6 Å². The van der Waals surface area contributed by atoms with Gasteiger partial charge in [-0.05, 0) is 17.7 Å². The fourth-order valence-electron chi connectivity index (χ4n) is 0.945. The molecule has 0 aliphatic heterocycles. The molecular formula is C8H7F4N. The third-order valence-electron chi connectivity index (χ3n) is 1.59. The molecule has 0 amide bonds. The van der Waals surface area contributed by atoms with Gasteiger partial charge in [0.25, 0.3) is 6.43 Å². The van der Waals surface area contributed by atoms with Gasteiger partial charge in [0.05, 0.1) is 5.56 Å². The van der Waals surface area contributed by atoms with Crippen LogP contribution >= 0.6 is 0 Å². The van der Waals surface area contributed by atoms with Crippen LogP contribution in [0.1, 0.15) is 17.6 Å². The van der Waals surface area contributed by atoms with Gasteiger partial charge in [-0.3, -0.25) is 0 Å². The second-order valence-corrected chi connectivity index (χ2v) is 2.49. The maximum atomic E-state index is 12.7. The van der Waals surface area contributed by atoms with E-state index in [1.807, 2.05) is 0 Å². The highest BCUT2D eigenvalue weighted by molar-refractivity contribution is 5.27. The first-order valence-electron chi connectivity index (χ1n) is 3.52. The first kappa shape index (κ1) is 9.98. The Morgan fingerprint density at radius 2 is 1.85 bits per heavy atom. The summed E-state index contributed by atoms with van der Waals surface area (Å²) in [6.07, 6.45) is -3.03. The van der Waals surface area contributed by atoms with E-state index in [-0.39, 0.29) is 12.1 Å². The molecule has 0 saturated heterocycles. The van der Waals surface area contributed by atoms with Crippen molar-refractivity contribution in [2.45, 2.75) is 13.0 Å². The summed E-state index contributed by atoms with van der Waals surface area (Å²) in [5.74, 6) is -2.80. The fraction of sp³-hybridized carbons (Fsp3) is 0.250. The molecule has 5 heteroatoms. The Hall–Kier alpha value is -1.10. The normalized spacial score (nSPS) is 10.9. The molecule has 1 aromatic carbocycles. The quantitative estimate of drug-likeness (QED) is 0.717. The molecule has 0 aromatic heterocycles. The van der Waals surface area contributed by atoms with Crippen LogP contribution in [0.25, 0.3) is 0 Å². The lowest BCUT2D eigenvalue weighted by atomic mass is 10.1. The van der Waals surface area contributed by atoms with Crippen molar-refractivity contribution in [2.75, 3.05) is 0 Å². The van der Waals surface area contributed by atoms with Gasteiger partial charge in [0.1, 0.15) is 0 Å². The second-order valence-electron chi connectivity index (χ2n) is 2.49. The number of hydrogen-bond acceptors (Lipinski definition) is 1. The molecule has 0 radical (unpaired) electrons. The van der Waals surface area contributed by atoms with E-state index in [0.29, 0.717) is 0 Å². The van der Waals surface area contributed by atoms with Gasteiger partial charge in [0, 0.05) is 6.54 Å². The summed E-state index contributed by atoms with van der Waals surface area (Å²) in [6, 6.07) is 1.67. The molecule has 2 N–H and O–H groups in total. The van der Waals surface area contributed by atoms with Gasteiger partial charge in [-0.15, -0.1) is 0 Å². The van der Waals surface area contributed by atoms with Gasteiger partial charge in [-0.2, -0.15) is 0 Å². The number of benzene rings is 1. The molecule has 0 saturated carbocycles. The minimum atomic E-state index is -3.03. The average molecular weight is 193 g/mol. The van der Waals surface area contributed by atoms with Gasteiger partial charge in [-0.25, -0.2) is 17.6 Å². The van der Waals surface area contributed by atoms with E-state index >= 15 is 0 Å². The van der Waals surface area contributed by atoms with Crippen molar-refractivity contribution in [3.63, 3.8) is 0 Å². The van der Waals surface area contributed by atoms with Gasteiger partial charge in [0.15, 0.2) is 11.6 Å². The number of rotatable bonds is 2. The molecule has 13 heavy (non-hydrogen) atoms. The van der Waals surface area contributed by atoms with Crippen molar-refractivity contribution in [2.24, 2.45) is 5.73 Å². The van der Waals surface area contributed by atoms with E-state index < -0.39 is 23.6 Å². The SMILES string of the molecule is NCc1cc(F)c(F)c(C(F)F)c1. The molecular weight excluding hydrogens is 186 g/mol. The first-order valence-corrected chi connectivity index (χ1v) is 3.52. The topological polar surface area (TPSA) is 26.0 Å². The first-order chi connectivity index (χ1) is 6.06. The van der Waals surface area contributed by atoms with Crippen molar-refractivity contribution in [3.05, 3.63) is 34.9 Å².